The van der Waals surface area contributed by atoms with Gasteiger partial charge in [-0.25, -0.2) is 0 Å². The van der Waals surface area contributed by atoms with Gasteiger partial charge in [0.25, 0.3) is 0 Å². The number of hydrogen-bond acceptors (Lipinski definition) is 1. The zero-order chi connectivity index (χ0) is 14.0. The number of anilines is 1. The third-order valence-electron chi connectivity index (χ3n) is 2.72. The van der Waals surface area contributed by atoms with E-state index < -0.39 is 0 Å². The molecule has 0 aromatic heterocycles. The van der Waals surface area contributed by atoms with Gasteiger partial charge in [-0.3, -0.25) is 0 Å². The normalized spacial score (nSPS) is 10.6. The predicted octanol–water partition coefficient (Wildman–Crippen LogP) is 6.44. The SMILES string of the molecule is Cc1cc(Cl)c(NCc2ccc(Br)c(Br)c2)cc1Cl. The molecular formula is C14H11Br2Cl2N. The molecule has 0 aliphatic heterocycles. The minimum Gasteiger partial charge on any atom is -0.380 e. The Hall–Kier alpha value is -0.220. The van der Waals surface area contributed by atoms with Crippen molar-refractivity contribution in [1.29, 1.82) is 0 Å². The van der Waals surface area contributed by atoms with E-state index in [2.05, 4.69) is 43.2 Å². The highest BCUT2D eigenvalue weighted by atomic mass is 79.9. The molecule has 0 saturated carbocycles. The van der Waals surface area contributed by atoms with Gasteiger partial charge in [-0.05, 0) is 74.2 Å². The summed E-state index contributed by atoms with van der Waals surface area (Å²) in [6.45, 7) is 2.62. The molecule has 2 aromatic rings. The molecule has 100 valence electrons. The molecule has 0 heterocycles. The predicted molar refractivity (Wildman–Crippen MR) is 90.4 cm³/mol. The number of hydrogen-bond donors (Lipinski definition) is 1. The molecule has 0 amide bonds. The van der Waals surface area contributed by atoms with Gasteiger partial charge in [0.15, 0.2) is 0 Å². The zero-order valence-electron chi connectivity index (χ0n) is 10.1. The van der Waals surface area contributed by atoms with Crippen LogP contribution in [0.2, 0.25) is 10.0 Å². The van der Waals surface area contributed by atoms with E-state index >= 15 is 0 Å². The van der Waals surface area contributed by atoms with Crippen LogP contribution in [0.1, 0.15) is 11.1 Å². The fourth-order valence-electron chi connectivity index (χ4n) is 1.63. The molecule has 0 unspecified atom stereocenters. The summed E-state index contributed by atoms with van der Waals surface area (Å²) in [6, 6.07) is 9.83. The quantitative estimate of drug-likeness (QED) is 0.599. The molecular weight excluding hydrogens is 413 g/mol. The van der Waals surface area contributed by atoms with Crippen LogP contribution in [0.15, 0.2) is 39.3 Å². The van der Waals surface area contributed by atoms with Crippen molar-refractivity contribution in [2.75, 3.05) is 5.32 Å². The maximum atomic E-state index is 6.19. The number of aryl methyl sites for hydroxylation is 1. The highest BCUT2D eigenvalue weighted by Gasteiger charge is 2.05. The molecule has 1 nitrogen and oxygen atoms in total. The minimum absolute atomic E-state index is 0.679. The lowest BCUT2D eigenvalue weighted by atomic mass is 10.2. The summed E-state index contributed by atoms with van der Waals surface area (Å²) in [5.41, 5.74) is 2.97. The fourth-order valence-corrected chi connectivity index (χ4v) is 2.75. The Morgan fingerprint density at radius 1 is 1.00 bits per heavy atom. The van der Waals surface area contributed by atoms with Crippen LogP contribution in [0, 0.1) is 6.92 Å². The molecule has 5 heteroatoms. The molecule has 19 heavy (non-hydrogen) atoms. The van der Waals surface area contributed by atoms with Crippen LogP contribution in [0.5, 0.6) is 0 Å². The molecule has 0 aliphatic rings. The van der Waals surface area contributed by atoms with Gasteiger partial charge in [0.2, 0.25) is 0 Å². The average Bonchev–Trinajstić information content (AvgIpc) is 2.36. The maximum absolute atomic E-state index is 6.19. The monoisotopic (exact) mass is 421 g/mol. The number of nitrogens with one attached hydrogen (secondary N) is 1. The average molecular weight is 424 g/mol. The smallest absolute Gasteiger partial charge is 0.0641 e. The van der Waals surface area contributed by atoms with Crippen molar-refractivity contribution in [2.24, 2.45) is 0 Å². The Labute approximate surface area is 139 Å². The van der Waals surface area contributed by atoms with Crippen LogP contribution < -0.4 is 5.32 Å². The second kappa shape index (κ2) is 6.49. The van der Waals surface area contributed by atoms with E-state index in [4.69, 9.17) is 23.2 Å². The van der Waals surface area contributed by atoms with E-state index in [-0.39, 0.29) is 0 Å². The molecule has 0 bridgehead atoms. The Balaban J connectivity index is 2.14. The molecule has 1 N–H and O–H groups in total. The summed E-state index contributed by atoms with van der Waals surface area (Å²) in [4.78, 5) is 0. The molecule has 0 saturated heterocycles. The Morgan fingerprint density at radius 3 is 2.42 bits per heavy atom. The summed E-state index contributed by atoms with van der Waals surface area (Å²) < 4.78 is 2.06. The highest BCUT2D eigenvalue weighted by Crippen LogP contribution is 2.29. The van der Waals surface area contributed by atoms with Gasteiger partial charge in [0.1, 0.15) is 0 Å². The molecule has 0 spiro atoms. The van der Waals surface area contributed by atoms with Crippen molar-refractivity contribution in [3.8, 4) is 0 Å². The molecule has 2 rings (SSSR count). The van der Waals surface area contributed by atoms with Crippen LogP contribution in [-0.2, 0) is 6.54 Å². The first-order valence-electron chi connectivity index (χ1n) is 5.61. The summed E-state index contributed by atoms with van der Waals surface area (Å²) in [5, 5.41) is 4.68. The Bertz CT molecular complexity index is 615. The van der Waals surface area contributed by atoms with Crippen LogP contribution in [-0.4, -0.2) is 0 Å². The van der Waals surface area contributed by atoms with Crippen LogP contribution in [0.3, 0.4) is 0 Å². The van der Waals surface area contributed by atoms with E-state index in [1.807, 2.05) is 31.2 Å². The van der Waals surface area contributed by atoms with Crippen LogP contribution in [0.4, 0.5) is 5.69 Å². The fraction of sp³-hybridized carbons (Fsp3) is 0.143. The van der Waals surface area contributed by atoms with Gasteiger partial charge >= 0.3 is 0 Å². The molecule has 0 radical (unpaired) electrons. The van der Waals surface area contributed by atoms with E-state index in [9.17, 15) is 0 Å². The number of halogens is 4. The highest BCUT2D eigenvalue weighted by molar-refractivity contribution is 9.13. The third kappa shape index (κ3) is 3.88. The number of benzene rings is 2. The Morgan fingerprint density at radius 2 is 1.74 bits per heavy atom. The third-order valence-corrected chi connectivity index (χ3v) is 5.31. The summed E-state index contributed by atoms with van der Waals surface area (Å²) in [7, 11) is 0. The molecule has 0 fully saturated rings. The maximum Gasteiger partial charge on any atom is 0.0641 e. The van der Waals surface area contributed by atoms with Crippen molar-refractivity contribution < 1.29 is 0 Å². The summed E-state index contributed by atoms with van der Waals surface area (Å²) in [6.07, 6.45) is 0. The van der Waals surface area contributed by atoms with Crippen molar-refractivity contribution in [2.45, 2.75) is 13.5 Å². The summed E-state index contributed by atoms with van der Waals surface area (Å²) >= 11 is 19.2. The van der Waals surface area contributed by atoms with Gasteiger partial charge in [-0.15, -0.1) is 0 Å². The van der Waals surface area contributed by atoms with Gasteiger partial charge in [-0.2, -0.15) is 0 Å². The van der Waals surface area contributed by atoms with E-state index in [1.165, 1.54) is 0 Å². The Kier molecular flexibility index (Phi) is 5.18. The zero-order valence-corrected chi connectivity index (χ0v) is 14.8. The molecule has 0 aliphatic carbocycles. The topological polar surface area (TPSA) is 12.0 Å². The van der Waals surface area contributed by atoms with Crippen molar-refractivity contribution in [1.82, 2.24) is 0 Å². The first-order chi connectivity index (χ1) is 8.97. The lowest BCUT2D eigenvalue weighted by Crippen LogP contribution is -2.00. The van der Waals surface area contributed by atoms with Gasteiger partial charge in [0, 0.05) is 20.5 Å². The lowest BCUT2D eigenvalue weighted by molar-refractivity contribution is 1.14. The summed E-state index contributed by atoms with van der Waals surface area (Å²) in [5.74, 6) is 0. The molecule has 0 atom stereocenters. The first kappa shape index (κ1) is 15.2. The minimum atomic E-state index is 0.679. The van der Waals surface area contributed by atoms with Crippen molar-refractivity contribution in [3.63, 3.8) is 0 Å². The van der Waals surface area contributed by atoms with Crippen molar-refractivity contribution in [3.05, 3.63) is 60.4 Å². The van der Waals surface area contributed by atoms with Crippen LogP contribution in [0.25, 0.3) is 0 Å². The van der Waals surface area contributed by atoms with Crippen LogP contribution >= 0.6 is 55.1 Å². The van der Waals surface area contributed by atoms with Gasteiger partial charge < -0.3 is 5.32 Å². The van der Waals surface area contributed by atoms with E-state index in [0.717, 1.165) is 25.8 Å². The largest absolute Gasteiger partial charge is 0.380 e. The van der Waals surface area contributed by atoms with E-state index in [0.29, 0.717) is 16.6 Å². The van der Waals surface area contributed by atoms with E-state index in [1.54, 1.807) is 0 Å². The van der Waals surface area contributed by atoms with Gasteiger partial charge in [-0.1, -0.05) is 29.3 Å². The lowest BCUT2D eigenvalue weighted by Gasteiger charge is -2.11. The molecule has 2 aromatic carbocycles. The second-order valence-corrected chi connectivity index (χ2v) is 6.71. The van der Waals surface area contributed by atoms with Gasteiger partial charge in [0.05, 0.1) is 10.7 Å². The standard InChI is InChI=1S/C14H11Br2Cl2N/c1-8-4-13(18)14(6-12(8)17)19-7-9-2-3-10(15)11(16)5-9/h2-6,19H,7H2,1H3. The first-order valence-corrected chi connectivity index (χ1v) is 7.95. The second-order valence-electron chi connectivity index (χ2n) is 4.18. The van der Waals surface area contributed by atoms with Crippen molar-refractivity contribution >= 4 is 60.7 Å². The number of rotatable bonds is 3.